The lowest BCUT2D eigenvalue weighted by Crippen LogP contribution is -2.14. The quantitative estimate of drug-likeness (QED) is 0.622. The number of H-pyrrole nitrogens is 1. The summed E-state index contributed by atoms with van der Waals surface area (Å²) in [5.74, 6) is -0.482. The van der Waals surface area contributed by atoms with Crippen molar-refractivity contribution in [3.05, 3.63) is 16.7 Å². The van der Waals surface area contributed by atoms with Crippen LogP contribution in [-0.4, -0.2) is 32.6 Å². The van der Waals surface area contributed by atoms with E-state index in [4.69, 9.17) is 5.73 Å². The third-order valence-corrected chi connectivity index (χ3v) is 2.02. The van der Waals surface area contributed by atoms with Crippen molar-refractivity contribution in [1.82, 2.24) is 19.5 Å². The molecule has 0 aliphatic rings. The van der Waals surface area contributed by atoms with Crippen molar-refractivity contribution in [2.24, 2.45) is 0 Å². The van der Waals surface area contributed by atoms with E-state index in [1.807, 2.05) is 0 Å². The molecule has 16 heavy (non-hydrogen) atoms. The van der Waals surface area contributed by atoms with Crippen LogP contribution >= 0.6 is 0 Å². The number of nitrogens with zero attached hydrogens (tertiary/aromatic N) is 3. The van der Waals surface area contributed by atoms with Gasteiger partial charge >= 0.3 is 5.97 Å². The maximum absolute atomic E-state index is 11.4. The van der Waals surface area contributed by atoms with Crippen LogP contribution in [0.1, 0.15) is 0 Å². The minimum absolute atomic E-state index is 0.0240. The van der Waals surface area contributed by atoms with Crippen LogP contribution in [0, 0.1) is 0 Å². The van der Waals surface area contributed by atoms with Crippen molar-refractivity contribution in [3.8, 4) is 0 Å². The van der Waals surface area contributed by atoms with Crippen LogP contribution in [0.25, 0.3) is 11.2 Å². The number of hydrogen-bond donors (Lipinski definition) is 2. The first-order valence-corrected chi connectivity index (χ1v) is 4.39. The molecule has 3 N–H and O–H groups in total. The molecule has 0 saturated heterocycles. The number of hydrogen-bond acceptors (Lipinski definition) is 6. The van der Waals surface area contributed by atoms with Gasteiger partial charge < -0.3 is 15.0 Å². The Morgan fingerprint density at radius 2 is 2.44 bits per heavy atom. The molecule has 0 aliphatic heterocycles. The van der Waals surface area contributed by atoms with Gasteiger partial charge in [-0.2, -0.15) is 4.98 Å². The molecule has 2 rings (SSSR count). The first kappa shape index (κ1) is 10.1. The summed E-state index contributed by atoms with van der Waals surface area (Å²) in [6.07, 6.45) is 1.34. The van der Waals surface area contributed by atoms with Gasteiger partial charge in [-0.3, -0.25) is 14.6 Å². The van der Waals surface area contributed by atoms with E-state index in [1.165, 1.54) is 18.0 Å². The fraction of sp³-hybridized carbons (Fsp3) is 0.250. The van der Waals surface area contributed by atoms with E-state index in [0.29, 0.717) is 0 Å². The molecular formula is C8H9N5O3. The second-order valence-corrected chi connectivity index (χ2v) is 3.07. The number of carbonyl (C=O) groups excluding carboxylic acids is 1. The molecule has 0 spiro atoms. The highest BCUT2D eigenvalue weighted by Crippen LogP contribution is 2.06. The lowest BCUT2D eigenvalue weighted by atomic mass is 10.5. The van der Waals surface area contributed by atoms with Gasteiger partial charge in [0.25, 0.3) is 5.56 Å². The first-order chi connectivity index (χ1) is 7.61. The van der Waals surface area contributed by atoms with Crippen molar-refractivity contribution in [2.75, 3.05) is 12.8 Å². The molecule has 0 unspecified atom stereocenters. The van der Waals surface area contributed by atoms with E-state index < -0.39 is 11.5 Å². The molecule has 0 aromatic carbocycles. The van der Waals surface area contributed by atoms with Crippen molar-refractivity contribution < 1.29 is 9.53 Å². The molecule has 8 heteroatoms. The predicted octanol–water partition coefficient (Wildman–Crippen LogP) is -1.13. The van der Waals surface area contributed by atoms with Crippen LogP contribution in [0.15, 0.2) is 11.1 Å². The molecule has 2 aromatic heterocycles. The Kier molecular flexibility index (Phi) is 2.31. The number of methoxy groups -OCH3 is 1. The SMILES string of the molecule is COC(=O)Cn1cnc2c(=O)[nH]c(N)nc21. The zero-order chi connectivity index (χ0) is 11.7. The van der Waals surface area contributed by atoms with Gasteiger partial charge in [0.15, 0.2) is 11.2 Å². The molecule has 0 radical (unpaired) electrons. The van der Waals surface area contributed by atoms with Gasteiger partial charge in [0.05, 0.1) is 13.4 Å². The van der Waals surface area contributed by atoms with Crippen molar-refractivity contribution in [2.45, 2.75) is 6.54 Å². The Morgan fingerprint density at radius 1 is 1.69 bits per heavy atom. The van der Waals surface area contributed by atoms with Crippen LogP contribution in [0.2, 0.25) is 0 Å². The Bertz CT molecular complexity index is 599. The van der Waals surface area contributed by atoms with Gasteiger partial charge in [0, 0.05) is 0 Å². The molecule has 0 aliphatic carbocycles. The Labute approximate surface area is 89.1 Å². The van der Waals surface area contributed by atoms with E-state index in [-0.39, 0.29) is 23.7 Å². The van der Waals surface area contributed by atoms with Gasteiger partial charge in [0.1, 0.15) is 6.54 Å². The van der Waals surface area contributed by atoms with E-state index in [0.717, 1.165) is 0 Å². The predicted molar refractivity (Wildman–Crippen MR) is 54.6 cm³/mol. The van der Waals surface area contributed by atoms with E-state index >= 15 is 0 Å². The monoisotopic (exact) mass is 223 g/mol. The summed E-state index contributed by atoms with van der Waals surface area (Å²) >= 11 is 0. The van der Waals surface area contributed by atoms with Crippen LogP contribution in [0.4, 0.5) is 5.95 Å². The van der Waals surface area contributed by atoms with E-state index in [9.17, 15) is 9.59 Å². The first-order valence-electron chi connectivity index (χ1n) is 4.39. The Balaban J connectivity index is 2.56. The Hall–Kier alpha value is -2.38. The van der Waals surface area contributed by atoms with Crippen molar-refractivity contribution in [3.63, 3.8) is 0 Å². The van der Waals surface area contributed by atoms with Gasteiger partial charge in [-0.1, -0.05) is 0 Å². The number of esters is 1. The minimum atomic E-state index is -0.458. The summed E-state index contributed by atoms with van der Waals surface area (Å²) in [4.78, 5) is 32.5. The fourth-order valence-electron chi connectivity index (χ4n) is 1.29. The second kappa shape index (κ2) is 3.65. The lowest BCUT2D eigenvalue weighted by molar-refractivity contribution is -0.141. The van der Waals surface area contributed by atoms with Crippen LogP contribution < -0.4 is 11.3 Å². The number of nitrogens with one attached hydrogen (secondary N) is 1. The lowest BCUT2D eigenvalue weighted by Gasteiger charge is -2.01. The number of aromatic nitrogens is 4. The maximum atomic E-state index is 11.4. The van der Waals surface area contributed by atoms with Gasteiger partial charge in [-0.15, -0.1) is 0 Å². The Morgan fingerprint density at radius 3 is 3.12 bits per heavy atom. The normalized spacial score (nSPS) is 10.6. The minimum Gasteiger partial charge on any atom is -0.468 e. The molecule has 0 atom stereocenters. The maximum Gasteiger partial charge on any atom is 0.325 e. The third-order valence-electron chi connectivity index (χ3n) is 2.02. The molecule has 0 fully saturated rings. The number of nitrogen functional groups attached to an aromatic ring is 1. The fourth-order valence-corrected chi connectivity index (χ4v) is 1.29. The summed E-state index contributed by atoms with van der Waals surface area (Å²) in [6, 6.07) is 0. The smallest absolute Gasteiger partial charge is 0.325 e. The van der Waals surface area contributed by atoms with Crippen LogP contribution in [0.5, 0.6) is 0 Å². The van der Waals surface area contributed by atoms with E-state index in [1.54, 1.807) is 0 Å². The summed E-state index contributed by atoms with van der Waals surface area (Å²) in [5.41, 5.74) is 5.35. The van der Waals surface area contributed by atoms with Crippen LogP contribution in [-0.2, 0) is 16.1 Å². The highest BCUT2D eigenvalue weighted by atomic mass is 16.5. The number of carbonyl (C=O) groups is 1. The van der Waals surface area contributed by atoms with Gasteiger partial charge in [-0.05, 0) is 0 Å². The molecule has 84 valence electrons. The summed E-state index contributed by atoms with van der Waals surface area (Å²) < 4.78 is 5.90. The number of imidazole rings is 1. The topological polar surface area (TPSA) is 116 Å². The number of aromatic amines is 1. The van der Waals surface area contributed by atoms with Gasteiger partial charge in [-0.25, -0.2) is 4.98 Å². The zero-order valence-corrected chi connectivity index (χ0v) is 8.43. The number of ether oxygens (including phenoxy) is 1. The molecule has 0 saturated carbocycles. The molecule has 2 aromatic rings. The largest absolute Gasteiger partial charge is 0.468 e. The highest BCUT2D eigenvalue weighted by Gasteiger charge is 2.11. The standard InChI is InChI=1S/C8H9N5O3/c1-16-4(14)2-13-3-10-5-6(13)11-8(9)12-7(5)15/h3H,2H2,1H3,(H3,9,11,12,15). The van der Waals surface area contributed by atoms with E-state index in [2.05, 4.69) is 19.7 Å². The van der Waals surface area contributed by atoms with Crippen molar-refractivity contribution >= 4 is 23.1 Å². The zero-order valence-electron chi connectivity index (χ0n) is 8.43. The number of nitrogens with two attached hydrogens (primary N) is 1. The van der Waals surface area contributed by atoms with Crippen LogP contribution in [0.3, 0.4) is 0 Å². The number of fused-ring (bicyclic) bond motifs is 1. The summed E-state index contributed by atoms with van der Waals surface area (Å²) in [5, 5.41) is 0. The molecule has 8 nitrogen and oxygen atoms in total. The third kappa shape index (κ3) is 1.60. The molecule has 2 heterocycles. The van der Waals surface area contributed by atoms with Crippen molar-refractivity contribution in [1.29, 1.82) is 0 Å². The highest BCUT2D eigenvalue weighted by molar-refractivity contribution is 5.75. The molecule has 0 bridgehead atoms. The summed E-state index contributed by atoms with van der Waals surface area (Å²) in [7, 11) is 1.27. The van der Waals surface area contributed by atoms with Gasteiger partial charge in [0.2, 0.25) is 5.95 Å². The number of anilines is 1. The molecule has 0 amide bonds. The average molecular weight is 223 g/mol. The second-order valence-electron chi connectivity index (χ2n) is 3.07. The molecular weight excluding hydrogens is 214 g/mol. The number of rotatable bonds is 2. The average Bonchev–Trinajstić information content (AvgIpc) is 2.61. The summed E-state index contributed by atoms with van der Waals surface area (Å²) in [6.45, 7) is -0.0666.